The number of aliphatic hydroxyl groups is 2. The monoisotopic (exact) mass is 344 g/mol. The van der Waals surface area contributed by atoms with Crippen molar-refractivity contribution in [3.05, 3.63) is 64.7 Å². The van der Waals surface area contributed by atoms with E-state index in [4.69, 9.17) is 10.5 Å². The zero-order valence-electron chi connectivity index (χ0n) is 14.4. The molecule has 0 saturated carbocycles. The molecule has 5 N–H and O–H groups in total. The van der Waals surface area contributed by atoms with Gasteiger partial charge in [0.15, 0.2) is 0 Å². The highest BCUT2D eigenvalue weighted by molar-refractivity contribution is 5.67. The van der Waals surface area contributed by atoms with Crippen molar-refractivity contribution < 1.29 is 19.7 Å². The van der Waals surface area contributed by atoms with E-state index >= 15 is 0 Å². The maximum atomic E-state index is 11.7. The van der Waals surface area contributed by atoms with E-state index in [2.05, 4.69) is 5.32 Å². The summed E-state index contributed by atoms with van der Waals surface area (Å²) in [6.07, 6.45) is -2.94. The van der Waals surface area contributed by atoms with Crippen molar-refractivity contribution in [2.24, 2.45) is 0 Å². The number of aliphatic hydroxyl groups excluding tert-OH is 2. The molecule has 0 aliphatic rings. The van der Waals surface area contributed by atoms with Gasteiger partial charge in [-0.25, -0.2) is 4.79 Å². The van der Waals surface area contributed by atoms with Gasteiger partial charge in [0.05, 0.1) is 0 Å². The van der Waals surface area contributed by atoms with Crippen molar-refractivity contribution in [3.8, 4) is 0 Å². The number of rotatable bonds is 6. The van der Waals surface area contributed by atoms with Crippen LogP contribution >= 0.6 is 0 Å². The molecule has 0 heterocycles. The standard InChI is InChI=1S/C19H24N2O4/c1-12-8-15(20)9-13(2)17(12)18(23)16(22)10-21-19(24)25-11-14-6-4-3-5-7-14/h3-9,16,18,22-23H,10-11,20H2,1-2H3,(H,21,24). The molecule has 25 heavy (non-hydrogen) atoms. The average Bonchev–Trinajstić information content (AvgIpc) is 2.57. The van der Waals surface area contributed by atoms with Crippen LogP contribution in [0.4, 0.5) is 10.5 Å². The third-order valence-corrected chi connectivity index (χ3v) is 3.94. The number of nitrogen functional groups attached to an aromatic ring is 1. The van der Waals surface area contributed by atoms with Crippen molar-refractivity contribution in [1.82, 2.24) is 5.32 Å². The first kappa shape index (κ1) is 18.8. The van der Waals surface area contributed by atoms with Gasteiger partial charge in [0.25, 0.3) is 0 Å². The lowest BCUT2D eigenvalue weighted by molar-refractivity contribution is 0.0177. The zero-order valence-corrected chi connectivity index (χ0v) is 14.4. The second kappa shape index (κ2) is 8.50. The van der Waals surface area contributed by atoms with Crippen LogP contribution in [0.15, 0.2) is 42.5 Å². The van der Waals surface area contributed by atoms with Gasteiger partial charge in [-0.05, 0) is 48.2 Å². The van der Waals surface area contributed by atoms with E-state index in [0.717, 1.165) is 16.7 Å². The minimum absolute atomic E-state index is 0.127. The summed E-state index contributed by atoms with van der Waals surface area (Å²) in [5, 5.41) is 23.0. The minimum atomic E-state index is -1.16. The highest BCUT2D eigenvalue weighted by atomic mass is 16.5. The highest BCUT2D eigenvalue weighted by Gasteiger charge is 2.22. The third-order valence-electron chi connectivity index (χ3n) is 3.94. The molecule has 0 aliphatic heterocycles. The highest BCUT2D eigenvalue weighted by Crippen LogP contribution is 2.26. The van der Waals surface area contributed by atoms with Crippen molar-refractivity contribution in [2.45, 2.75) is 32.7 Å². The number of nitrogens with one attached hydrogen (secondary N) is 1. The van der Waals surface area contributed by atoms with E-state index in [1.165, 1.54) is 0 Å². The molecular weight excluding hydrogens is 320 g/mol. The molecular formula is C19H24N2O4. The van der Waals surface area contributed by atoms with E-state index in [0.29, 0.717) is 11.3 Å². The van der Waals surface area contributed by atoms with Gasteiger partial charge in [-0.15, -0.1) is 0 Å². The number of nitrogens with two attached hydrogens (primary N) is 1. The Balaban J connectivity index is 1.87. The van der Waals surface area contributed by atoms with E-state index < -0.39 is 18.3 Å². The van der Waals surface area contributed by atoms with Crippen molar-refractivity contribution >= 4 is 11.8 Å². The number of carbonyl (C=O) groups excluding carboxylic acids is 1. The SMILES string of the molecule is Cc1cc(N)cc(C)c1C(O)C(O)CNC(=O)OCc1ccccc1. The van der Waals surface area contributed by atoms with Crippen molar-refractivity contribution in [1.29, 1.82) is 0 Å². The second-order valence-corrected chi connectivity index (χ2v) is 6.02. The molecule has 6 nitrogen and oxygen atoms in total. The smallest absolute Gasteiger partial charge is 0.407 e. The second-order valence-electron chi connectivity index (χ2n) is 6.02. The summed E-state index contributed by atoms with van der Waals surface area (Å²) in [7, 11) is 0. The average molecular weight is 344 g/mol. The van der Waals surface area contributed by atoms with Crippen LogP contribution in [0.25, 0.3) is 0 Å². The molecule has 134 valence electrons. The minimum Gasteiger partial charge on any atom is -0.445 e. The number of anilines is 1. The Bertz CT molecular complexity index is 696. The largest absolute Gasteiger partial charge is 0.445 e. The molecule has 2 aromatic carbocycles. The Hall–Kier alpha value is -2.57. The molecule has 0 fully saturated rings. The number of ether oxygens (including phenoxy) is 1. The predicted octanol–water partition coefficient (Wildman–Crippen LogP) is 2.21. The first-order valence-electron chi connectivity index (χ1n) is 8.05. The Morgan fingerprint density at radius 2 is 1.76 bits per heavy atom. The predicted molar refractivity (Wildman–Crippen MR) is 95.9 cm³/mol. The van der Waals surface area contributed by atoms with Crippen molar-refractivity contribution in [2.75, 3.05) is 12.3 Å². The molecule has 2 rings (SSSR count). The fourth-order valence-electron chi connectivity index (χ4n) is 2.74. The summed E-state index contributed by atoms with van der Waals surface area (Å²) in [6, 6.07) is 12.8. The normalized spacial score (nSPS) is 13.1. The van der Waals surface area contributed by atoms with Crippen LogP contribution in [-0.2, 0) is 11.3 Å². The van der Waals surface area contributed by atoms with Gasteiger partial charge >= 0.3 is 6.09 Å². The van der Waals surface area contributed by atoms with Crippen LogP contribution < -0.4 is 11.1 Å². The molecule has 1 amide bonds. The van der Waals surface area contributed by atoms with Crippen LogP contribution in [0.2, 0.25) is 0 Å². The molecule has 6 heteroatoms. The van der Waals surface area contributed by atoms with Gasteiger partial charge in [0.2, 0.25) is 0 Å². The number of aryl methyl sites for hydroxylation is 2. The Kier molecular flexibility index (Phi) is 6.38. The quantitative estimate of drug-likeness (QED) is 0.601. The van der Waals surface area contributed by atoms with Crippen LogP contribution in [0.3, 0.4) is 0 Å². The summed E-state index contributed by atoms with van der Waals surface area (Å²) in [5.41, 5.74) is 9.42. The lowest BCUT2D eigenvalue weighted by Crippen LogP contribution is -2.36. The van der Waals surface area contributed by atoms with Crippen LogP contribution in [-0.4, -0.2) is 29.0 Å². The van der Waals surface area contributed by atoms with Gasteiger partial charge in [0.1, 0.15) is 18.8 Å². The number of amides is 1. The topological polar surface area (TPSA) is 105 Å². The van der Waals surface area contributed by atoms with Crippen LogP contribution in [0.5, 0.6) is 0 Å². The van der Waals surface area contributed by atoms with Gasteiger partial charge in [-0.1, -0.05) is 30.3 Å². The van der Waals surface area contributed by atoms with E-state index in [1.54, 1.807) is 12.1 Å². The number of alkyl carbamates (subject to hydrolysis) is 1. The molecule has 2 unspecified atom stereocenters. The molecule has 0 saturated heterocycles. The zero-order chi connectivity index (χ0) is 18.4. The molecule has 0 bridgehead atoms. The summed E-state index contributed by atoms with van der Waals surface area (Å²) in [6.45, 7) is 3.64. The molecule has 2 atom stereocenters. The lowest BCUT2D eigenvalue weighted by atomic mass is 9.94. The fraction of sp³-hybridized carbons (Fsp3) is 0.316. The summed E-state index contributed by atoms with van der Waals surface area (Å²) < 4.78 is 5.07. The Labute approximate surface area is 147 Å². The number of hydrogen-bond acceptors (Lipinski definition) is 5. The first-order chi connectivity index (χ1) is 11.9. The summed E-state index contributed by atoms with van der Waals surface area (Å²) in [5.74, 6) is 0. The van der Waals surface area contributed by atoms with Gasteiger partial charge in [0, 0.05) is 12.2 Å². The fourth-order valence-corrected chi connectivity index (χ4v) is 2.74. The van der Waals surface area contributed by atoms with Gasteiger partial charge < -0.3 is 26.0 Å². The number of carbonyl (C=O) groups is 1. The third kappa shape index (κ3) is 5.20. The number of hydrogen-bond donors (Lipinski definition) is 4. The molecule has 0 aliphatic carbocycles. The van der Waals surface area contributed by atoms with Gasteiger partial charge in [-0.3, -0.25) is 0 Å². The van der Waals surface area contributed by atoms with E-state index in [1.807, 2.05) is 44.2 Å². The lowest BCUT2D eigenvalue weighted by Gasteiger charge is -2.22. The van der Waals surface area contributed by atoms with Crippen LogP contribution in [0, 0.1) is 13.8 Å². The summed E-state index contributed by atoms with van der Waals surface area (Å²) in [4.78, 5) is 11.7. The van der Waals surface area contributed by atoms with E-state index in [9.17, 15) is 15.0 Å². The molecule has 0 spiro atoms. The maximum absolute atomic E-state index is 11.7. The summed E-state index contributed by atoms with van der Waals surface area (Å²) >= 11 is 0. The molecule has 0 aromatic heterocycles. The Morgan fingerprint density at radius 3 is 2.36 bits per heavy atom. The molecule has 2 aromatic rings. The number of benzene rings is 2. The Morgan fingerprint density at radius 1 is 1.16 bits per heavy atom. The van der Waals surface area contributed by atoms with Gasteiger partial charge in [-0.2, -0.15) is 0 Å². The van der Waals surface area contributed by atoms with Crippen molar-refractivity contribution in [3.63, 3.8) is 0 Å². The van der Waals surface area contributed by atoms with Crippen LogP contribution in [0.1, 0.15) is 28.4 Å². The first-order valence-corrected chi connectivity index (χ1v) is 8.05. The maximum Gasteiger partial charge on any atom is 0.407 e. The van der Waals surface area contributed by atoms with E-state index in [-0.39, 0.29) is 13.2 Å². The molecule has 0 radical (unpaired) electrons.